The number of hydrogen-bond acceptors (Lipinski definition) is 2. The van der Waals surface area contributed by atoms with Crippen LogP contribution < -0.4 is 0 Å². The fraction of sp³-hybridized carbons (Fsp3) is 0.222. The van der Waals surface area contributed by atoms with Crippen molar-refractivity contribution in [1.29, 1.82) is 0 Å². The van der Waals surface area contributed by atoms with Crippen molar-refractivity contribution in [3.05, 3.63) is 34.3 Å². The predicted molar refractivity (Wildman–Crippen MR) is 57.8 cm³/mol. The van der Waals surface area contributed by atoms with E-state index in [0.717, 1.165) is 4.48 Å². The van der Waals surface area contributed by atoms with Crippen molar-refractivity contribution in [2.45, 2.75) is 6.92 Å². The SMILES string of the molecule is C=C(Cl)COC(=O)/C=C/C(Br)=C/C. The Morgan fingerprint density at radius 2 is 2.23 bits per heavy atom. The van der Waals surface area contributed by atoms with E-state index < -0.39 is 5.97 Å². The van der Waals surface area contributed by atoms with Gasteiger partial charge in [0.2, 0.25) is 0 Å². The smallest absolute Gasteiger partial charge is 0.331 e. The minimum absolute atomic E-state index is 0.0399. The average molecular weight is 266 g/mol. The molecule has 4 heteroatoms. The highest BCUT2D eigenvalue weighted by Gasteiger charge is 1.96. The number of allylic oxidation sites excluding steroid dienone is 3. The van der Waals surface area contributed by atoms with E-state index in [4.69, 9.17) is 16.3 Å². The summed E-state index contributed by atoms with van der Waals surface area (Å²) in [5.74, 6) is -0.444. The van der Waals surface area contributed by atoms with Gasteiger partial charge >= 0.3 is 5.97 Å². The summed E-state index contributed by atoms with van der Waals surface area (Å²) in [5, 5.41) is 0.298. The number of hydrogen-bond donors (Lipinski definition) is 0. The Morgan fingerprint density at radius 1 is 1.62 bits per heavy atom. The molecule has 0 atom stereocenters. The van der Waals surface area contributed by atoms with Crippen molar-refractivity contribution in [1.82, 2.24) is 0 Å². The molecular formula is C9H10BrClO2. The van der Waals surface area contributed by atoms with Crippen molar-refractivity contribution < 1.29 is 9.53 Å². The average Bonchev–Trinajstić information content (AvgIpc) is 2.10. The first-order valence-electron chi connectivity index (χ1n) is 3.56. The molecule has 2 nitrogen and oxygen atoms in total. The van der Waals surface area contributed by atoms with Crippen LogP contribution in [0.25, 0.3) is 0 Å². The number of carbonyl (C=O) groups is 1. The molecule has 0 fully saturated rings. The third-order valence-electron chi connectivity index (χ3n) is 1.03. The maximum atomic E-state index is 10.9. The Hall–Kier alpha value is -0.540. The lowest BCUT2D eigenvalue weighted by Gasteiger charge is -1.97. The van der Waals surface area contributed by atoms with Crippen LogP contribution in [0.2, 0.25) is 0 Å². The van der Waals surface area contributed by atoms with Gasteiger partial charge in [-0.3, -0.25) is 0 Å². The first kappa shape index (κ1) is 12.5. The Bertz CT molecular complexity index is 256. The number of carbonyl (C=O) groups excluding carboxylic acids is 1. The molecule has 0 unspecified atom stereocenters. The van der Waals surface area contributed by atoms with E-state index in [0.29, 0.717) is 5.03 Å². The predicted octanol–water partition coefficient (Wildman–Crippen LogP) is 3.14. The number of esters is 1. The molecule has 0 N–H and O–H groups in total. The molecule has 0 rings (SSSR count). The highest BCUT2D eigenvalue weighted by molar-refractivity contribution is 9.11. The molecule has 0 bridgehead atoms. The quantitative estimate of drug-likeness (QED) is 0.443. The van der Waals surface area contributed by atoms with Crippen molar-refractivity contribution in [2.24, 2.45) is 0 Å². The molecule has 0 saturated heterocycles. The van der Waals surface area contributed by atoms with Gasteiger partial charge in [-0.25, -0.2) is 4.79 Å². The topological polar surface area (TPSA) is 26.3 Å². The molecule has 0 spiro atoms. The molecule has 72 valence electrons. The van der Waals surface area contributed by atoms with Gasteiger partial charge in [0.1, 0.15) is 6.61 Å². The lowest BCUT2D eigenvalue weighted by molar-refractivity contribution is -0.136. The van der Waals surface area contributed by atoms with Crippen LogP contribution in [0.1, 0.15) is 6.92 Å². The summed E-state index contributed by atoms with van der Waals surface area (Å²) >= 11 is 8.60. The maximum Gasteiger partial charge on any atom is 0.331 e. The summed E-state index contributed by atoms with van der Waals surface area (Å²) < 4.78 is 5.51. The zero-order valence-corrected chi connectivity index (χ0v) is 9.56. The highest BCUT2D eigenvalue weighted by Crippen LogP contribution is 2.05. The summed E-state index contributed by atoms with van der Waals surface area (Å²) in [6.45, 7) is 5.27. The minimum Gasteiger partial charge on any atom is -0.457 e. The molecule has 0 amide bonds. The number of halogens is 2. The van der Waals surface area contributed by atoms with Crippen molar-refractivity contribution in [3.63, 3.8) is 0 Å². The second-order valence-electron chi connectivity index (χ2n) is 2.13. The minimum atomic E-state index is -0.444. The molecule has 0 aromatic rings. The molecule has 0 aromatic heterocycles. The monoisotopic (exact) mass is 264 g/mol. The lowest BCUT2D eigenvalue weighted by Crippen LogP contribution is -2.01. The van der Waals surface area contributed by atoms with Gasteiger partial charge in [-0.2, -0.15) is 0 Å². The zero-order valence-electron chi connectivity index (χ0n) is 7.22. The van der Waals surface area contributed by atoms with Crippen LogP contribution in [0.15, 0.2) is 34.3 Å². The van der Waals surface area contributed by atoms with Crippen molar-refractivity contribution in [2.75, 3.05) is 6.61 Å². The number of ether oxygens (including phenoxy) is 1. The molecular weight excluding hydrogens is 255 g/mol. The van der Waals surface area contributed by atoms with E-state index in [9.17, 15) is 4.79 Å². The van der Waals surface area contributed by atoms with Gasteiger partial charge in [-0.15, -0.1) is 0 Å². The van der Waals surface area contributed by atoms with Gasteiger partial charge in [0.05, 0.1) is 0 Å². The summed E-state index contributed by atoms with van der Waals surface area (Å²) in [4.78, 5) is 10.9. The van der Waals surface area contributed by atoms with E-state index >= 15 is 0 Å². The van der Waals surface area contributed by atoms with Crippen molar-refractivity contribution in [3.8, 4) is 0 Å². The fourth-order valence-corrected chi connectivity index (χ4v) is 0.628. The van der Waals surface area contributed by atoms with Gasteiger partial charge in [0.25, 0.3) is 0 Å². The third kappa shape index (κ3) is 7.81. The van der Waals surface area contributed by atoms with Crippen molar-refractivity contribution >= 4 is 33.5 Å². The van der Waals surface area contributed by atoms with Gasteiger partial charge < -0.3 is 4.74 Å². The van der Waals surface area contributed by atoms with Crippen LogP contribution in [0.4, 0.5) is 0 Å². The zero-order chi connectivity index (χ0) is 10.3. The van der Waals surface area contributed by atoms with Gasteiger partial charge in [-0.1, -0.05) is 40.2 Å². The Labute approximate surface area is 91.0 Å². The van der Waals surface area contributed by atoms with Crippen LogP contribution in [0.3, 0.4) is 0 Å². The normalized spacial score (nSPS) is 11.8. The Morgan fingerprint density at radius 3 is 2.69 bits per heavy atom. The first-order chi connectivity index (χ1) is 6.06. The molecule has 0 aromatic carbocycles. The standard InChI is InChI=1S/C9H10BrClO2/c1-3-8(10)4-5-9(12)13-6-7(2)11/h3-5H,2,6H2,1H3/b5-4+,8-3-. The Kier molecular flexibility index (Phi) is 6.63. The molecule has 0 aliphatic rings. The van der Waals surface area contributed by atoms with E-state index in [-0.39, 0.29) is 6.61 Å². The van der Waals surface area contributed by atoms with Crippen LogP contribution in [-0.2, 0) is 9.53 Å². The summed E-state index contributed by atoms with van der Waals surface area (Å²) in [7, 11) is 0. The van der Waals surface area contributed by atoms with Gasteiger partial charge in [0.15, 0.2) is 0 Å². The van der Waals surface area contributed by atoms with Gasteiger partial charge in [0, 0.05) is 15.6 Å². The van der Waals surface area contributed by atoms with Crippen LogP contribution in [0.5, 0.6) is 0 Å². The van der Waals surface area contributed by atoms with Crippen LogP contribution in [-0.4, -0.2) is 12.6 Å². The fourth-order valence-electron chi connectivity index (χ4n) is 0.441. The molecule has 0 saturated carbocycles. The summed E-state index contributed by atoms with van der Waals surface area (Å²) in [6.07, 6.45) is 4.72. The molecule has 13 heavy (non-hydrogen) atoms. The molecule has 0 radical (unpaired) electrons. The van der Waals surface area contributed by atoms with E-state index in [1.54, 1.807) is 6.08 Å². The number of rotatable bonds is 4. The van der Waals surface area contributed by atoms with Crippen LogP contribution in [0, 0.1) is 0 Å². The van der Waals surface area contributed by atoms with E-state index in [1.807, 2.05) is 13.0 Å². The third-order valence-corrected chi connectivity index (χ3v) is 1.86. The van der Waals surface area contributed by atoms with Crippen LogP contribution >= 0.6 is 27.5 Å². The summed E-state index contributed by atoms with van der Waals surface area (Å²) in [6, 6.07) is 0. The van der Waals surface area contributed by atoms with Gasteiger partial charge in [-0.05, 0) is 13.0 Å². The molecule has 0 heterocycles. The second-order valence-corrected chi connectivity index (χ2v) is 3.58. The molecule has 0 aliphatic carbocycles. The lowest BCUT2D eigenvalue weighted by atomic mass is 10.4. The molecule has 0 aliphatic heterocycles. The van der Waals surface area contributed by atoms with E-state index in [2.05, 4.69) is 22.5 Å². The Balaban J connectivity index is 3.88. The van der Waals surface area contributed by atoms with E-state index in [1.165, 1.54) is 6.08 Å². The maximum absolute atomic E-state index is 10.9. The second kappa shape index (κ2) is 6.92. The summed E-state index contributed by atoms with van der Waals surface area (Å²) in [5.41, 5.74) is 0. The highest BCUT2D eigenvalue weighted by atomic mass is 79.9. The first-order valence-corrected chi connectivity index (χ1v) is 4.73. The largest absolute Gasteiger partial charge is 0.457 e.